The monoisotopic (exact) mass is 424 g/mol. The second-order valence-corrected chi connectivity index (χ2v) is 7.18. The van der Waals surface area contributed by atoms with Crippen LogP contribution in [0.3, 0.4) is 0 Å². The van der Waals surface area contributed by atoms with E-state index < -0.39 is 18.1 Å². The summed E-state index contributed by atoms with van der Waals surface area (Å²) in [5.74, 6) is 0.771. The van der Waals surface area contributed by atoms with Crippen LogP contribution in [0, 0.1) is 5.92 Å². The molecule has 1 amide bonds. The highest BCUT2D eigenvalue weighted by Crippen LogP contribution is 2.26. The lowest BCUT2D eigenvalue weighted by Crippen LogP contribution is -2.48. The van der Waals surface area contributed by atoms with Crippen LogP contribution in [0.5, 0.6) is 11.5 Å². The zero-order valence-corrected chi connectivity index (χ0v) is 17.9. The van der Waals surface area contributed by atoms with Gasteiger partial charge in [0.05, 0.1) is 19.8 Å². The normalized spacial score (nSPS) is 17.4. The third kappa shape index (κ3) is 7.38. The first-order chi connectivity index (χ1) is 14.4. The van der Waals surface area contributed by atoms with Crippen molar-refractivity contribution < 1.29 is 33.3 Å². The molecular formula is C21H32N2O7. The van der Waals surface area contributed by atoms with Gasteiger partial charge in [-0.1, -0.05) is 26.0 Å². The van der Waals surface area contributed by atoms with Crippen LogP contribution in [-0.2, 0) is 19.0 Å². The Labute approximate surface area is 177 Å². The van der Waals surface area contributed by atoms with Gasteiger partial charge in [0.2, 0.25) is 0 Å². The predicted molar refractivity (Wildman–Crippen MR) is 110 cm³/mol. The van der Waals surface area contributed by atoms with Crippen LogP contribution in [-0.4, -0.2) is 75.2 Å². The van der Waals surface area contributed by atoms with Crippen LogP contribution in [0.15, 0.2) is 24.3 Å². The topological polar surface area (TPSA) is 110 Å². The van der Waals surface area contributed by atoms with Gasteiger partial charge in [-0.2, -0.15) is 0 Å². The SMILES string of the molecule is CCOc1ccccc1OCC1CN(C(=O)OCCOC(=O)[C@H](N)C(C)C)CCO1. The van der Waals surface area contributed by atoms with E-state index in [1.54, 1.807) is 4.90 Å². The molecule has 1 saturated heterocycles. The van der Waals surface area contributed by atoms with E-state index in [2.05, 4.69) is 0 Å². The number of carbonyl (C=O) groups is 2. The van der Waals surface area contributed by atoms with Crippen LogP contribution in [0.25, 0.3) is 0 Å². The fraction of sp³-hybridized carbons (Fsp3) is 0.619. The standard InChI is InChI=1S/C21H32N2O7/c1-4-26-17-7-5-6-8-18(17)30-14-16-13-23(9-10-27-16)21(25)29-12-11-28-20(24)19(22)15(2)3/h5-8,15-16,19H,4,9-14,22H2,1-3H3/t16?,19-/m1/s1. The number of benzene rings is 1. The predicted octanol–water partition coefficient (Wildman–Crippen LogP) is 1.83. The van der Waals surface area contributed by atoms with Gasteiger partial charge in [0.15, 0.2) is 11.5 Å². The molecule has 1 aliphatic rings. The number of carbonyl (C=O) groups excluding carboxylic acids is 2. The zero-order chi connectivity index (χ0) is 21.9. The third-order valence-corrected chi connectivity index (χ3v) is 4.51. The highest BCUT2D eigenvalue weighted by Gasteiger charge is 2.26. The smallest absolute Gasteiger partial charge is 0.410 e. The van der Waals surface area contributed by atoms with Gasteiger partial charge >= 0.3 is 12.1 Å². The van der Waals surface area contributed by atoms with Crippen molar-refractivity contribution in [2.75, 3.05) is 46.1 Å². The van der Waals surface area contributed by atoms with Crippen molar-refractivity contribution in [3.8, 4) is 11.5 Å². The number of hydrogen-bond donors (Lipinski definition) is 1. The molecule has 0 saturated carbocycles. The molecular weight excluding hydrogens is 392 g/mol. The molecule has 0 bridgehead atoms. The number of nitrogens with two attached hydrogens (primary N) is 1. The quantitative estimate of drug-likeness (QED) is 0.447. The number of rotatable bonds is 10. The largest absolute Gasteiger partial charge is 0.490 e. The molecule has 1 fully saturated rings. The molecule has 1 aromatic carbocycles. The molecule has 1 unspecified atom stereocenters. The van der Waals surface area contributed by atoms with E-state index in [1.165, 1.54) is 0 Å². The van der Waals surface area contributed by atoms with Crippen molar-refractivity contribution in [2.24, 2.45) is 11.7 Å². The Morgan fingerprint density at radius 2 is 1.83 bits per heavy atom. The summed E-state index contributed by atoms with van der Waals surface area (Å²) in [5, 5.41) is 0. The number of hydrogen-bond acceptors (Lipinski definition) is 8. The molecule has 1 heterocycles. The maximum absolute atomic E-state index is 12.3. The minimum Gasteiger partial charge on any atom is -0.490 e. The average molecular weight is 424 g/mol. The van der Waals surface area contributed by atoms with Crippen LogP contribution in [0.2, 0.25) is 0 Å². The van der Waals surface area contributed by atoms with E-state index in [9.17, 15) is 9.59 Å². The maximum atomic E-state index is 12.3. The summed E-state index contributed by atoms with van der Waals surface area (Å²) in [4.78, 5) is 25.5. The number of amides is 1. The molecule has 2 atom stereocenters. The van der Waals surface area contributed by atoms with Gasteiger partial charge in [-0.25, -0.2) is 4.79 Å². The fourth-order valence-corrected chi connectivity index (χ4v) is 2.74. The molecule has 2 N–H and O–H groups in total. The molecule has 1 aromatic rings. The second-order valence-electron chi connectivity index (χ2n) is 7.18. The maximum Gasteiger partial charge on any atom is 0.410 e. The minimum absolute atomic E-state index is 0.0203. The van der Waals surface area contributed by atoms with E-state index in [0.717, 1.165) is 0 Å². The molecule has 30 heavy (non-hydrogen) atoms. The number of esters is 1. The average Bonchev–Trinajstić information content (AvgIpc) is 2.75. The van der Waals surface area contributed by atoms with Gasteiger partial charge < -0.3 is 34.3 Å². The van der Waals surface area contributed by atoms with E-state index >= 15 is 0 Å². The van der Waals surface area contributed by atoms with E-state index in [1.807, 2.05) is 45.0 Å². The highest BCUT2D eigenvalue weighted by molar-refractivity contribution is 5.75. The van der Waals surface area contributed by atoms with Gasteiger partial charge in [-0.15, -0.1) is 0 Å². The lowest BCUT2D eigenvalue weighted by Gasteiger charge is -2.32. The van der Waals surface area contributed by atoms with Crippen molar-refractivity contribution in [1.29, 1.82) is 0 Å². The molecule has 0 spiro atoms. The van der Waals surface area contributed by atoms with Crippen molar-refractivity contribution >= 4 is 12.1 Å². The van der Waals surface area contributed by atoms with Gasteiger partial charge in [0.1, 0.15) is 32.0 Å². The van der Waals surface area contributed by atoms with Crippen LogP contribution in [0.4, 0.5) is 4.79 Å². The van der Waals surface area contributed by atoms with E-state index in [4.69, 9.17) is 29.4 Å². The van der Waals surface area contributed by atoms with Crippen LogP contribution in [0.1, 0.15) is 20.8 Å². The molecule has 9 nitrogen and oxygen atoms in total. The van der Waals surface area contributed by atoms with Crippen molar-refractivity contribution in [3.05, 3.63) is 24.3 Å². The second kappa shape index (κ2) is 12.2. The van der Waals surface area contributed by atoms with E-state index in [-0.39, 0.29) is 31.8 Å². The van der Waals surface area contributed by atoms with E-state index in [0.29, 0.717) is 37.8 Å². The highest BCUT2D eigenvalue weighted by atomic mass is 16.6. The first kappa shape index (κ1) is 23.8. The summed E-state index contributed by atoms with van der Waals surface area (Å²) < 4.78 is 27.3. The first-order valence-electron chi connectivity index (χ1n) is 10.2. The molecule has 2 rings (SSSR count). The third-order valence-electron chi connectivity index (χ3n) is 4.51. The number of nitrogens with zero attached hydrogens (tertiary/aromatic N) is 1. The molecule has 9 heteroatoms. The Bertz CT molecular complexity index is 683. The Morgan fingerprint density at radius 3 is 2.50 bits per heavy atom. The zero-order valence-electron chi connectivity index (χ0n) is 17.9. The first-order valence-corrected chi connectivity index (χ1v) is 10.2. The van der Waals surface area contributed by atoms with Gasteiger partial charge in [-0.05, 0) is 25.0 Å². The number of para-hydroxylation sites is 2. The summed E-state index contributed by atoms with van der Waals surface area (Å²) in [6, 6.07) is 6.72. The summed E-state index contributed by atoms with van der Waals surface area (Å²) >= 11 is 0. The Morgan fingerprint density at radius 1 is 1.17 bits per heavy atom. The van der Waals surface area contributed by atoms with Crippen LogP contribution < -0.4 is 15.2 Å². The number of ether oxygens (including phenoxy) is 5. The van der Waals surface area contributed by atoms with Crippen molar-refractivity contribution in [2.45, 2.75) is 32.9 Å². The lowest BCUT2D eigenvalue weighted by atomic mass is 10.1. The Kier molecular flexibility index (Phi) is 9.69. The molecule has 168 valence electrons. The summed E-state index contributed by atoms with van der Waals surface area (Å²) in [7, 11) is 0. The van der Waals surface area contributed by atoms with Crippen LogP contribution >= 0.6 is 0 Å². The van der Waals surface area contributed by atoms with Gasteiger partial charge in [-0.3, -0.25) is 4.79 Å². The van der Waals surface area contributed by atoms with Gasteiger partial charge in [0, 0.05) is 6.54 Å². The lowest BCUT2D eigenvalue weighted by molar-refractivity contribution is -0.147. The number of morpholine rings is 1. The summed E-state index contributed by atoms with van der Waals surface area (Å²) in [6.07, 6.45) is -0.773. The molecule has 0 aliphatic carbocycles. The van der Waals surface area contributed by atoms with Crippen molar-refractivity contribution in [1.82, 2.24) is 4.90 Å². The fourth-order valence-electron chi connectivity index (χ4n) is 2.74. The summed E-state index contributed by atoms with van der Waals surface area (Å²) in [6.45, 7) is 7.47. The van der Waals surface area contributed by atoms with Gasteiger partial charge in [0.25, 0.3) is 0 Å². The Hall–Kier alpha value is -2.52. The summed E-state index contributed by atoms with van der Waals surface area (Å²) in [5.41, 5.74) is 5.71. The Balaban J connectivity index is 1.72. The van der Waals surface area contributed by atoms with Crippen molar-refractivity contribution in [3.63, 3.8) is 0 Å². The minimum atomic E-state index is -0.687. The molecule has 0 aromatic heterocycles. The molecule has 1 aliphatic heterocycles. The molecule has 0 radical (unpaired) electrons.